The van der Waals surface area contributed by atoms with Gasteiger partial charge in [-0.25, -0.2) is 0 Å². The topological polar surface area (TPSA) is 40.0 Å². The van der Waals surface area contributed by atoms with Crippen molar-refractivity contribution in [1.29, 1.82) is 0 Å². The number of nitrogens with one attached hydrogen (secondary N) is 2. The highest BCUT2D eigenvalue weighted by atomic mass is 16.1. The van der Waals surface area contributed by atoms with Crippen LogP contribution >= 0.6 is 0 Å². The van der Waals surface area contributed by atoms with E-state index in [1.807, 2.05) is 6.92 Å². The molecule has 1 amide bonds. The van der Waals surface area contributed by atoms with Gasteiger partial charge in [0.15, 0.2) is 0 Å². The summed E-state index contributed by atoms with van der Waals surface area (Å²) in [4.78, 5) is 18.2. The number of nitrogens with zero attached hydrogens (tertiary/aromatic N) is 2. The van der Waals surface area contributed by atoms with E-state index in [2.05, 4.69) is 83.8 Å². The van der Waals surface area contributed by atoms with E-state index >= 15 is 0 Å². The molecule has 1 atom stereocenters. The van der Waals surface area contributed by atoms with E-state index in [4.69, 9.17) is 0 Å². The first-order valence-electron chi connectivity index (χ1n) is 10.8. The molecule has 0 radical (unpaired) electrons. The molecule has 156 valence electrons. The van der Waals surface area contributed by atoms with Crippen LogP contribution in [-0.2, 0) is 4.79 Å². The molecule has 0 aromatic heterocycles. The monoisotopic (exact) mass is 395 g/mol. The number of benzene rings is 2. The van der Waals surface area contributed by atoms with E-state index in [-0.39, 0.29) is 11.9 Å². The number of piperazine rings is 1. The number of hydrogen-bond donors (Lipinski definition) is 2. The third-order valence-corrected chi connectivity index (χ3v) is 5.81. The summed E-state index contributed by atoms with van der Waals surface area (Å²) in [5, 5.41) is 3.18. The lowest BCUT2D eigenvalue weighted by molar-refractivity contribution is -0.931. The van der Waals surface area contributed by atoms with Gasteiger partial charge in [-0.2, -0.15) is 0 Å². The second-order valence-corrected chi connectivity index (χ2v) is 8.07. The Hall–Kier alpha value is -2.53. The predicted molar refractivity (Wildman–Crippen MR) is 121 cm³/mol. The van der Waals surface area contributed by atoms with E-state index in [1.165, 1.54) is 16.9 Å². The van der Waals surface area contributed by atoms with Crippen LogP contribution in [-0.4, -0.2) is 52.7 Å². The predicted octanol–water partition coefficient (Wildman–Crippen LogP) is 2.12. The van der Waals surface area contributed by atoms with Crippen molar-refractivity contribution in [1.82, 2.24) is 5.32 Å². The average Bonchev–Trinajstić information content (AvgIpc) is 2.75. The zero-order chi connectivity index (χ0) is 20.6. The summed E-state index contributed by atoms with van der Waals surface area (Å²) in [6.45, 7) is 6.95. The molecule has 0 spiro atoms. The highest BCUT2D eigenvalue weighted by Gasteiger charge is 2.29. The van der Waals surface area contributed by atoms with Crippen LogP contribution in [0.25, 0.3) is 0 Å². The lowest BCUT2D eigenvalue weighted by Gasteiger charge is -2.38. The Morgan fingerprint density at radius 3 is 2.31 bits per heavy atom. The molecule has 0 saturated carbocycles. The van der Waals surface area contributed by atoms with Crippen molar-refractivity contribution >= 4 is 17.3 Å². The normalized spacial score (nSPS) is 15.8. The molecule has 1 aliphatic rings. The minimum atomic E-state index is 0.157. The highest BCUT2D eigenvalue weighted by Crippen LogP contribution is 2.18. The summed E-state index contributed by atoms with van der Waals surface area (Å²) < 4.78 is 0. The summed E-state index contributed by atoms with van der Waals surface area (Å²) in [6.07, 6.45) is 1.49. The summed E-state index contributed by atoms with van der Waals surface area (Å²) in [5.41, 5.74) is 3.80. The molecule has 3 rings (SSSR count). The fraction of sp³-hybridized carbons (Fsp3) is 0.458. The molecule has 29 heavy (non-hydrogen) atoms. The third kappa shape index (κ3) is 5.73. The Morgan fingerprint density at radius 1 is 1.07 bits per heavy atom. The lowest BCUT2D eigenvalue weighted by atomic mass is 10.0. The van der Waals surface area contributed by atoms with Crippen LogP contribution in [0.3, 0.4) is 0 Å². The standard InChI is InChI=1S/C24H34N4O/c1-4-8-24(29)25-19-23(20-11-13-21(14-12-20)26(2)3)28-17-15-27(16-18-28)22-9-6-5-7-10-22/h5-7,9-14,23H,4,8,15-19H2,1-3H3,(H,25,29)/p+1/t23-/m0/s1. The molecule has 2 N–H and O–H groups in total. The van der Waals surface area contributed by atoms with Crippen LogP contribution in [0.2, 0.25) is 0 Å². The Morgan fingerprint density at radius 2 is 1.72 bits per heavy atom. The van der Waals surface area contributed by atoms with Crippen molar-refractivity contribution in [3.8, 4) is 0 Å². The first-order valence-corrected chi connectivity index (χ1v) is 10.8. The Labute approximate surface area is 175 Å². The number of hydrogen-bond acceptors (Lipinski definition) is 3. The van der Waals surface area contributed by atoms with E-state index < -0.39 is 0 Å². The van der Waals surface area contributed by atoms with Crippen molar-refractivity contribution < 1.29 is 9.69 Å². The fourth-order valence-corrected chi connectivity index (χ4v) is 4.07. The van der Waals surface area contributed by atoms with Crippen molar-refractivity contribution in [2.75, 3.05) is 56.6 Å². The number of quaternary nitrogens is 1. The van der Waals surface area contributed by atoms with Crippen molar-refractivity contribution in [3.05, 3.63) is 60.2 Å². The van der Waals surface area contributed by atoms with Gasteiger partial charge in [-0.1, -0.05) is 37.3 Å². The van der Waals surface area contributed by atoms with E-state index in [0.29, 0.717) is 13.0 Å². The van der Waals surface area contributed by atoms with Gasteiger partial charge in [-0.05, 0) is 30.7 Å². The van der Waals surface area contributed by atoms with E-state index in [1.54, 1.807) is 4.90 Å². The Bertz CT molecular complexity index is 752. The van der Waals surface area contributed by atoms with Gasteiger partial charge in [0.05, 0.1) is 32.7 Å². The molecule has 2 aromatic rings. The summed E-state index contributed by atoms with van der Waals surface area (Å²) >= 11 is 0. The molecule has 0 bridgehead atoms. The zero-order valence-electron chi connectivity index (χ0n) is 18.0. The second-order valence-electron chi connectivity index (χ2n) is 8.07. The smallest absolute Gasteiger partial charge is 0.220 e. The lowest BCUT2D eigenvalue weighted by Crippen LogP contribution is -3.15. The summed E-state index contributed by atoms with van der Waals surface area (Å²) in [5.74, 6) is 0.157. The molecule has 1 saturated heterocycles. The number of amides is 1. The van der Waals surface area contributed by atoms with Crippen LogP contribution in [0, 0.1) is 0 Å². The molecule has 2 aromatic carbocycles. The first-order chi connectivity index (χ1) is 14.1. The average molecular weight is 396 g/mol. The fourth-order valence-electron chi connectivity index (χ4n) is 4.07. The number of carbonyl (C=O) groups is 1. The molecule has 1 fully saturated rings. The zero-order valence-corrected chi connectivity index (χ0v) is 18.0. The van der Waals surface area contributed by atoms with Gasteiger partial charge in [-0.15, -0.1) is 0 Å². The number of para-hydroxylation sites is 1. The SMILES string of the molecule is CCCC(=O)NC[C@@H](c1ccc(N(C)C)cc1)[NH+]1CCN(c2ccccc2)CC1. The largest absolute Gasteiger partial charge is 0.378 e. The third-order valence-electron chi connectivity index (χ3n) is 5.81. The number of carbonyl (C=O) groups excluding carboxylic acids is 1. The quantitative estimate of drug-likeness (QED) is 0.719. The van der Waals surface area contributed by atoms with Gasteiger partial charge in [0.2, 0.25) is 5.91 Å². The number of rotatable bonds is 8. The molecule has 1 heterocycles. The summed E-state index contributed by atoms with van der Waals surface area (Å²) in [6, 6.07) is 19.7. The van der Waals surface area contributed by atoms with Gasteiger partial charge in [0.25, 0.3) is 0 Å². The van der Waals surface area contributed by atoms with Gasteiger partial charge >= 0.3 is 0 Å². The summed E-state index contributed by atoms with van der Waals surface area (Å²) in [7, 11) is 4.12. The Balaban J connectivity index is 1.70. The molecule has 5 nitrogen and oxygen atoms in total. The maximum absolute atomic E-state index is 12.1. The Kier molecular flexibility index (Phi) is 7.53. The van der Waals surface area contributed by atoms with Crippen molar-refractivity contribution in [2.45, 2.75) is 25.8 Å². The van der Waals surface area contributed by atoms with Gasteiger partial charge in [0.1, 0.15) is 6.04 Å². The maximum atomic E-state index is 12.1. The molecule has 5 heteroatoms. The first kappa shape index (κ1) is 21.2. The minimum absolute atomic E-state index is 0.157. The maximum Gasteiger partial charge on any atom is 0.220 e. The van der Waals surface area contributed by atoms with Gasteiger partial charge in [0, 0.05) is 37.5 Å². The molecular formula is C24H35N4O+. The molecule has 0 aliphatic carbocycles. The molecule has 0 unspecified atom stereocenters. The minimum Gasteiger partial charge on any atom is -0.378 e. The van der Waals surface area contributed by atoms with Crippen molar-refractivity contribution in [2.24, 2.45) is 0 Å². The second kappa shape index (κ2) is 10.3. The molecule has 1 aliphatic heterocycles. The van der Waals surface area contributed by atoms with Crippen LogP contribution in [0.15, 0.2) is 54.6 Å². The number of anilines is 2. The van der Waals surface area contributed by atoms with Crippen LogP contribution < -0.4 is 20.0 Å². The van der Waals surface area contributed by atoms with Crippen molar-refractivity contribution in [3.63, 3.8) is 0 Å². The van der Waals surface area contributed by atoms with Crippen LogP contribution in [0.4, 0.5) is 11.4 Å². The van der Waals surface area contributed by atoms with Gasteiger partial charge < -0.3 is 20.0 Å². The van der Waals surface area contributed by atoms with E-state index in [0.717, 1.165) is 32.6 Å². The van der Waals surface area contributed by atoms with Crippen LogP contribution in [0.1, 0.15) is 31.4 Å². The molecular weight excluding hydrogens is 360 g/mol. The van der Waals surface area contributed by atoms with Gasteiger partial charge in [-0.3, -0.25) is 4.79 Å². The van der Waals surface area contributed by atoms with E-state index in [9.17, 15) is 4.79 Å². The highest BCUT2D eigenvalue weighted by molar-refractivity contribution is 5.75. The van der Waals surface area contributed by atoms with Crippen LogP contribution in [0.5, 0.6) is 0 Å².